The van der Waals surface area contributed by atoms with E-state index in [0.717, 1.165) is 6.42 Å². The molecule has 0 aliphatic heterocycles. The Hall–Kier alpha value is -4.36. The van der Waals surface area contributed by atoms with Crippen molar-refractivity contribution in [3.8, 4) is 16.8 Å². The van der Waals surface area contributed by atoms with E-state index >= 15 is 0 Å². The molecule has 0 bridgehead atoms. The van der Waals surface area contributed by atoms with Crippen molar-refractivity contribution in [2.45, 2.75) is 6.42 Å². The molecule has 1 aromatic heterocycles. The fraction of sp³-hybridized carbons (Fsp3) is 0.0303. The normalized spacial score (nSPS) is 12.6. The molecular weight excluding hydrogens is 410 g/mol. The molecule has 1 aliphatic carbocycles. The van der Waals surface area contributed by atoms with Crippen LogP contribution in [0.15, 0.2) is 115 Å². The van der Waals surface area contributed by atoms with Crippen molar-refractivity contribution in [3.63, 3.8) is 0 Å². The summed E-state index contributed by atoms with van der Waals surface area (Å²) in [5, 5.41) is 7.90. The standard InChI is InChI=1S/C33H21N/c1-2-12-27(13-3-1)34-30-15-14-25-17-26-16-21-8-4-5-9-22(21)18-28(26)32(25)33(30)29-19-23-10-6-7-11-24(23)20-31(29)34/h1-16,18-20H,17H2. The number of aromatic nitrogens is 1. The van der Waals surface area contributed by atoms with E-state index in [4.69, 9.17) is 0 Å². The lowest BCUT2D eigenvalue weighted by Crippen LogP contribution is -1.93. The molecule has 0 fully saturated rings. The van der Waals surface area contributed by atoms with Crippen molar-refractivity contribution < 1.29 is 0 Å². The number of fused-ring (bicyclic) bond motifs is 9. The SMILES string of the molecule is c1ccc(-n2c3cc4ccccc4cc3c3c4c(ccc32)Cc2cc3ccccc3cc2-4)cc1. The molecule has 0 atom stereocenters. The third-order valence-electron chi connectivity index (χ3n) is 7.52. The Bertz CT molecular complexity index is 1920. The monoisotopic (exact) mass is 431 g/mol. The summed E-state index contributed by atoms with van der Waals surface area (Å²) in [5.41, 5.74) is 9.40. The molecule has 0 saturated heterocycles. The molecule has 0 unspecified atom stereocenters. The lowest BCUT2D eigenvalue weighted by atomic mass is 9.96. The predicted molar refractivity (Wildman–Crippen MR) is 144 cm³/mol. The molecule has 1 heteroatoms. The highest BCUT2D eigenvalue weighted by molar-refractivity contribution is 6.20. The van der Waals surface area contributed by atoms with Crippen LogP contribution in [-0.2, 0) is 6.42 Å². The number of rotatable bonds is 1. The van der Waals surface area contributed by atoms with Gasteiger partial charge in [-0.3, -0.25) is 0 Å². The first-order chi connectivity index (χ1) is 16.8. The molecule has 6 aromatic carbocycles. The van der Waals surface area contributed by atoms with Gasteiger partial charge in [-0.15, -0.1) is 0 Å². The van der Waals surface area contributed by atoms with Crippen LogP contribution in [0.5, 0.6) is 0 Å². The van der Waals surface area contributed by atoms with E-state index < -0.39 is 0 Å². The van der Waals surface area contributed by atoms with Crippen molar-refractivity contribution in [3.05, 3.63) is 126 Å². The summed E-state index contributed by atoms with van der Waals surface area (Å²) < 4.78 is 2.44. The summed E-state index contributed by atoms with van der Waals surface area (Å²) in [6.07, 6.45) is 0.997. The van der Waals surface area contributed by atoms with Crippen LogP contribution in [0.3, 0.4) is 0 Å². The minimum absolute atomic E-state index is 0.997. The Morgan fingerprint density at radius 2 is 1.15 bits per heavy atom. The first-order valence-corrected chi connectivity index (χ1v) is 11.9. The molecule has 1 nitrogen and oxygen atoms in total. The largest absolute Gasteiger partial charge is 0.309 e. The smallest absolute Gasteiger partial charge is 0.0547 e. The Labute approximate surface area is 197 Å². The van der Waals surface area contributed by atoms with Crippen molar-refractivity contribution >= 4 is 43.4 Å². The van der Waals surface area contributed by atoms with Gasteiger partial charge in [0.05, 0.1) is 11.0 Å². The second kappa shape index (κ2) is 6.59. The van der Waals surface area contributed by atoms with Crippen molar-refractivity contribution in [1.29, 1.82) is 0 Å². The van der Waals surface area contributed by atoms with E-state index in [1.165, 1.54) is 71.3 Å². The van der Waals surface area contributed by atoms with Gasteiger partial charge in [0.15, 0.2) is 0 Å². The van der Waals surface area contributed by atoms with Gasteiger partial charge < -0.3 is 4.57 Å². The number of nitrogens with zero attached hydrogens (tertiary/aromatic N) is 1. The third kappa shape index (κ3) is 2.39. The summed E-state index contributed by atoms with van der Waals surface area (Å²) in [5.74, 6) is 0. The Morgan fingerprint density at radius 1 is 0.500 bits per heavy atom. The highest BCUT2D eigenvalue weighted by atomic mass is 15.0. The van der Waals surface area contributed by atoms with Crippen molar-refractivity contribution in [1.82, 2.24) is 4.57 Å². The van der Waals surface area contributed by atoms with Crippen LogP contribution in [0, 0.1) is 0 Å². The summed E-state index contributed by atoms with van der Waals surface area (Å²) in [4.78, 5) is 0. The first kappa shape index (κ1) is 18.1. The van der Waals surface area contributed by atoms with E-state index in [-0.39, 0.29) is 0 Å². The highest BCUT2D eigenvalue weighted by Crippen LogP contribution is 2.47. The fourth-order valence-electron chi connectivity index (χ4n) is 6.02. The van der Waals surface area contributed by atoms with Gasteiger partial charge in [-0.05, 0) is 86.6 Å². The second-order valence-corrected chi connectivity index (χ2v) is 9.41. The molecule has 0 saturated carbocycles. The van der Waals surface area contributed by atoms with E-state index in [2.05, 4.69) is 120 Å². The number of para-hydroxylation sites is 1. The maximum atomic E-state index is 2.44. The Kier molecular flexibility index (Phi) is 3.51. The zero-order valence-electron chi connectivity index (χ0n) is 18.6. The summed E-state index contributed by atoms with van der Waals surface area (Å²) in [6, 6.07) is 42.4. The molecular formula is C33H21N. The summed E-state index contributed by atoms with van der Waals surface area (Å²) >= 11 is 0. The maximum Gasteiger partial charge on any atom is 0.0547 e. The van der Waals surface area contributed by atoms with Crippen molar-refractivity contribution in [2.75, 3.05) is 0 Å². The minimum Gasteiger partial charge on any atom is -0.309 e. The van der Waals surface area contributed by atoms with Gasteiger partial charge in [0.2, 0.25) is 0 Å². The molecule has 0 spiro atoms. The van der Waals surface area contributed by atoms with Gasteiger partial charge in [0.25, 0.3) is 0 Å². The molecule has 1 heterocycles. The molecule has 8 rings (SSSR count). The minimum atomic E-state index is 0.997. The predicted octanol–water partition coefficient (Wildman–Crippen LogP) is 8.66. The highest BCUT2D eigenvalue weighted by Gasteiger charge is 2.25. The Balaban J connectivity index is 1.57. The molecule has 0 N–H and O–H groups in total. The van der Waals surface area contributed by atoms with Crippen LogP contribution in [0.1, 0.15) is 11.1 Å². The Morgan fingerprint density at radius 3 is 1.91 bits per heavy atom. The number of hydrogen-bond acceptors (Lipinski definition) is 0. The van der Waals surface area contributed by atoms with Gasteiger partial charge in [0.1, 0.15) is 0 Å². The quantitative estimate of drug-likeness (QED) is 0.245. The van der Waals surface area contributed by atoms with Gasteiger partial charge in [-0.2, -0.15) is 0 Å². The van der Waals surface area contributed by atoms with Crippen LogP contribution < -0.4 is 0 Å². The lowest BCUT2D eigenvalue weighted by molar-refractivity contribution is 1.18. The second-order valence-electron chi connectivity index (χ2n) is 9.41. The van der Waals surface area contributed by atoms with Gasteiger partial charge in [-0.25, -0.2) is 0 Å². The van der Waals surface area contributed by atoms with Crippen LogP contribution in [0.2, 0.25) is 0 Å². The maximum absolute atomic E-state index is 2.44. The van der Waals surface area contributed by atoms with Crippen LogP contribution in [-0.4, -0.2) is 4.57 Å². The molecule has 0 amide bonds. The van der Waals surface area contributed by atoms with E-state index in [9.17, 15) is 0 Å². The lowest BCUT2D eigenvalue weighted by Gasteiger charge is -2.09. The molecule has 34 heavy (non-hydrogen) atoms. The number of hydrogen-bond donors (Lipinski definition) is 0. The molecule has 7 aromatic rings. The van der Waals surface area contributed by atoms with Crippen molar-refractivity contribution in [2.24, 2.45) is 0 Å². The summed E-state index contributed by atoms with van der Waals surface area (Å²) in [7, 11) is 0. The van der Waals surface area contributed by atoms with Crippen LogP contribution in [0.25, 0.3) is 60.2 Å². The first-order valence-electron chi connectivity index (χ1n) is 11.9. The zero-order valence-corrected chi connectivity index (χ0v) is 18.6. The van der Waals surface area contributed by atoms with Gasteiger partial charge in [-0.1, -0.05) is 78.9 Å². The molecule has 0 radical (unpaired) electrons. The van der Waals surface area contributed by atoms with Gasteiger partial charge >= 0.3 is 0 Å². The average molecular weight is 432 g/mol. The van der Waals surface area contributed by atoms with E-state index in [0.29, 0.717) is 0 Å². The fourth-order valence-corrected chi connectivity index (χ4v) is 6.02. The van der Waals surface area contributed by atoms with Gasteiger partial charge in [0, 0.05) is 16.5 Å². The third-order valence-corrected chi connectivity index (χ3v) is 7.52. The summed E-state index contributed by atoms with van der Waals surface area (Å²) in [6.45, 7) is 0. The molecule has 158 valence electrons. The van der Waals surface area contributed by atoms with Crippen LogP contribution >= 0.6 is 0 Å². The van der Waals surface area contributed by atoms with E-state index in [1.807, 2.05) is 0 Å². The average Bonchev–Trinajstić information content (AvgIpc) is 3.40. The van der Waals surface area contributed by atoms with Crippen LogP contribution in [0.4, 0.5) is 0 Å². The van der Waals surface area contributed by atoms with E-state index in [1.54, 1.807) is 0 Å². The topological polar surface area (TPSA) is 4.93 Å². The number of benzene rings is 6. The molecule has 1 aliphatic rings. The zero-order chi connectivity index (χ0) is 22.2.